The van der Waals surface area contributed by atoms with Gasteiger partial charge in [0.25, 0.3) is 0 Å². The second-order valence-corrected chi connectivity index (χ2v) is 7.91. The molecule has 0 unspecified atom stereocenters. The molecule has 1 aromatic rings. The summed E-state index contributed by atoms with van der Waals surface area (Å²) >= 11 is 0. The van der Waals surface area contributed by atoms with Crippen molar-refractivity contribution in [2.75, 3.05) is 32.7 Å². The van der Waals surface area contributed by atoms with Crippen LogP contribution in [0, 0.1) is 5.82 Å². The fourth-order valence-electron chi connectivity index (χ4n) is 4.24. The molecular formula is C20H25FN4O4. The Morgan fingerprint density at radius 3 is 2.52 bits per heavy atom. The molecule has 29 heavy (non-hydrogen) atoms. The first-order chi connectivity index (χ1) is 13.9. The number of carbonyl (C=O) groups is 3. The van der Waals surface area contributed by atoms with Gasteiger partial charge in [-0.1, -0.05) is 12.1 Å². The molecule has 3 aliphatic rings. The van der Waals surface area contributed by atoms with Crippen LogP contribution in [0.1, 0.15) is 24.8 Å². The molecule has 4 rings (SSSR count). The number of amides is 3. The maximum absolute atomic E-state index is 13.2. The minimum absolute atomic E-state index is 0.0803. The Morgan fingerprint density at radius 1 is 1.14 bits per heavy atom. The second-order valence-electron chi connectivity index (χ2n) is 7.91. The molecule has 3 fully saturated rings. The number of nitrogens with zero attached hydrogens (tertiary/aromatic N) is 2. The standard InChI is InChI=1S/C20H25FN4O4/c21-15-3-1-14(2-4-15)12-25-10-7-22-18(27)16(25)11-17(26)24-8-5-20(6-9-24)13-23-19(28)29-20/h1-4,16H,5-13H2,(H,22,27)(H,23,28)/t16-/m1/s1. The van der Waals surface area contributed by atoms with Gasteiger partial charge in [-0.3, -0.25) is 14.5 Å². The largest absolute Gasteiger partial charge is 0.441 e. The lowest BCUT2D eigenvalue weighted by Crippen LogP contribution is -2.57. The van der Waals surface area contributed by atoms with Crippen LogP contribution >= 0.6 is 0 Å². The number of ether oxygens (including phenoxy) is 1. The summed E-state index contributed by atoms with van der Waals surface area (Å²) < 4.78 is 18.5. The number of halogens is 1. The molecule has 0 aliphatic carbocycles. The van der Waals surface area contributed by atoms with Gasteiger partial charge in [-0.25, -0.2) is 9.18 Å². The van der Waals surface area contributed by atoms with E-state index in [-0.39, 0.29) is 24.1 Å². The summed E-state index contributed by atoms with van der Waals surface area (Å²) in [7, 11) is 0. The number of carbonyl (C=O) groups excluding carboxylic acids is 3. The van der Waals surface area contributed by atoms with Crippen molar-refractivity contribution >= 4 is 17.9 Å². The Labute approximate surface area is 168 Å². The Hall–Kier alpha value is -2.68. The van der Waals surface area contributed by atoms with E-state index in [1.807, 2.05) is 4.90 Å². The van der Waals surface area contributed by atoms with E-state index in [1.165, 1.54) is 12.1 Å². The molecule has 1 spiro atoms. The predicted octanol–water partition coefficient (Wildman–Crippen LogP) is 0.617. The molecule has 0 aromatic heterocycles. The molecule has 1 aromatic carbocycles. The van der Waals surface area contributed by atoms with E-state index in [9.17, 15) is 18.8 Å². The average molecular weight is 404 g/mol. The van der Waals surface area contributed by atoms with Gasteiger partial charge in [0.05, 0.1) is 19.0 Å². The Bertz CT molecular complexity index is 792. The van der Waals surface area contributed by atoms with Crippen molar-refractivity contribution in [3.8, 4) is 0 Å². The molecule has 3 amide bonds. The van der Waals surface area contributed by atoms with E-state index in [0.29, 0.717) is 52.1 Å². The number of hydrogen-bond acceptors (Lipinski definition) is 5. The molecule has 0 bridgehead atoms. The van der Waals surface area contributed by atoms with E-state index in [1.54, 1.807) is 17.0 Å². The first-order valence-corrected chi connectivity index (χ1v) is 9.95. The van der Waals surface area contributed by atoms with Gasteiger partial charge < -0.3 is 20.3 Å². The minimum atomic E-state index is -0.553. The molecule has 156 valence electrons. The smallest absolute Gasteiger partial charge is 0.407 e. The molecule has 0 radical (unpaired) electrons. The Balaban J connectivity index is 1.36. The van der Waals surface area contributed by atoms with Gasteiger partial charge in [0, 0.05) is 45.6 Å². The van der Waals surface area contributed by atoms with Crippen LogP contribution in [0.3, 0.4) is 0 Å². The van der Waals surface area contributed by atoms with Gasteiger partial charge in [-0.2, -0.15) is 0 Å². The average Bonchev–Trinajstić information content (AvgIpc) is 3.06. The number of alkyl carbamates (subject to hydrolysis) is 1. The van der Waals surface area contributed by atoms with Crippen LogP contribution in [0.15, 0.2) is 24.3 Å². The van der Waals surface area contributed by atoms with Gasteiger partial charge in [0.1, 0.15) is 11.4 Å². The zero-order valence-electron chi connectivity index (χ0n) is 16.2. The maximum atomic E-state index is 13.2. The fraction of sp³-hybridized carbons (Fsp3) is 0.550. The lowest BCUT2D eigenvalue weighted by Gasteiger charge is -2.39. The summed E-state index contributed by atoms with van der Waals surface area (Å²) in [6.45, 7) is 3.11. The highest BCUT2D eigenvalue weighted by atomic mass is 19.1. The van der Waals surface area contributed by atoms with E-state index in [2.05, 4.69) is 10.6 Å². The Kier molecular flexibility index (Phi) is 5.40. The quantitative estimate of drug-likeness (QED) is 0.768. The summed E-state index contributed by atoms with van der Waals surface area (Å²) in [6, 6.07) is 5.63. The van der Waals surface area contributed by atoms with Gasteiger partial charge in [0.2, 0.25) is 11.8 Å². The van der Waals surface area contributed by atoms with Crippen molar-refractivity contribution in [3.05, 3.63) is 35.6 Å². The summed E-state index contributed by atoms with van der Waals surface area (Å²) in [5, 5.41) is 5.51. The van der Waals surface area contributed by atoms with E-state index in [4.69, 9.17) is 4.74 Å². The maximum Gasteiger partial charge on any atom is 0.407 e. The number of likely N-dealkylation sites (tertiary alicyclic amines) is 1. The van der Waals surface area contributed by atoms with E-state index in [0.717, 1.165) is 5.56 Å². The normalized spacial score (nSPS) is 24.2. The van der Waals surface area contributed by atoms with Crippen molar-refractivity contribution in [2.24, 2.45) is 0 Å². The van der Waals surface area contributed by atoms with Gasteiger partial charge in [-0.15, -0.1) is 0 Å². The van der Waals surface area contributed by atoms with Gasteiger partial charge in [0.15, 0.2) is 0 Å². The number of piperidine rings is 1. The molecule has 3 heterocycles. The number of nitrogens with one attached hydrogen (secondary N) is 2. The van der Waals surface area contributed by atoms with Crippen LogP contribution in [0.5, 0.6) is 0 Å². The highest BCUT2D eigenvalue weighted by molar-refractivity contribution is 5.89. The number of piperazine rings is 1. The van der Waals surface area contributed by atoms with Crippen molar-refractivity contribution in [1.82, 2.24) is 20.4 Å². The van der Waals surface area contributed by atoms with Crippen LogP contribution < -0.4 is 10.6 Å². The third kappa shape index (κ3) is 4.34. The van der Waals surface area contributed by atoms with Gasteiger partial charge in [-0.05, 0) is 17.7 Å². The van der Waals surface area contributed by atoms with E-state index >= 15 is 0 Å². The molecule has 8 nitrogen and oxygen atoms in total. The topological polar surface area (TPSA) is 91.0 Å². The number of hydrogen-bond donors (Lipinski definition) is 2. The van der Waals surface area contributed by atoms with E-state index < -0.39 is 17.7 Å². The Morgan fingerprint density at radius 2 is 1.86 bits per heavy atom. The summed E-state index contributed by atoms with van der Waals surface area (Å²) in [5.74, 6) is -0.541. The number of benzene rings is 1. The molecular weight excluding hydrogens is 379 g/mol. The third-order valence-electron chi connectivity index (χ3n) is 6.00. The lowest BCUT2D eigenvalue weighted by molar-refractivity contribution is -0.141. The highest BCUT2D eigenvalue weighted by Gasteiger charge is 2.44. The fourth-order valence-corrected chi connectivity index (χ4v) is 4.24. The van der Waals surface area contributed by atoms with Crippen molar-refractivity contribution in [3.63, 3.8) is 0 Å². The second kappa shape index (κ2) is 7.98. The summed E-state index contributed by atoms with van der Waals surface area (Å²) in [5.41, 5.74) is 0.388. The zero-order chi connectivity index (χ0) is 20.4. The molecule has 2 N–H and O–H groups in total. The van der Waals surface area contributed by atoms with Crippen LogP contribution in [-0.4, -0.2) is 72.1 Å². The summed E-state index contributed by atoms with van der Waals surface area (Å²) in [4.78, 5) is 40.4. The van der Waals surface area contributed by atoms with Crippen molar-refractivity contribution in [1.29, 1.82) is 0 Å². The van der Waals surface area contributed by atoms with Crippen LogP contribution in [0.2, 0.25) is 0 Å². The van der Waals surface area contributed by atoms with Crippen LogP contribution in [-0.2, 0) is 20.9 Å². The highest BCUT2D eigenvalue weighted by Crippen LogP contribution is 2.29. The third-order valence-corrected chi connectivity index (χ3v) is 6.00. The molecule has 3 aliphatic heterocycles. The number of rotatable bonds is 4. The minimum Gasteiger partial charge on any atom is -0.441 e. The first kappa shape index (κ1) is 19.6. The molecule has 0 saturated carbocycles. The first-order valence-electron chi connectivity index (χ1n) is 9.95. The predicted molar refractivity (Wildman–Crippen MR) is 101 cm³/mol. The SMILES string of the molecule is O=C1NCC2(CCN(C(=O)C[C@@H]3C(=O)NCCN3Cc3ccc(F)cc3)CC2)O1. The van der Waals surface area contributed by atoms with Crippen LogP contribution in [0.4, 0.5) is 9.18 Å². The van der Waals surface area contributed by atoms with Crippen molar-refractivity contribution in [2.45, 2.75) is 37.5 Å². The van der Waals surface area contributed by atoms with Gasteiger partial charge >= 0.3 is 6.09 Å². The molecule has 9 heteroatoms. The lowest BCUT2D eigenvalue weighted by atomic mass is 9.91. The van der Waals surface area contributed by atoms with Crippen LogP contribution in [0.25, 0.3) is 0 Å². The summed E-state index contributed by atoms with van der Waals surface area (Å²) in [6.07, 6.45) is 0.874. The zero-order valence-corrected chi connectivity index (χ0v) is 16.2. The van der Waals surface area contributed by atoms with Crippen molar-refractivity contribution < 1.29 is 23.5 Å². The molecule has 1 atom stereocenters. The molecule has 3 saturated heterocycles. The monoisotopic (exact) mass is 404 g/mol.